The van der Waals surface area contributed by atoms with Crippen molar-refractivity contribution in [3.63, 3.8) is 0 Å². The third-order valence-electron chi connectivity index (χ3n) is 10.6. The summed E-state index contributed by atoms with van der Waals surface area (Å²) in [5.41, 5.74) is 9.44. The highest BCUT2D eigenvalue weighted by Gasteiger charge is 2.22. The normalized spacial score (nSPS) is 11.9. The largest absolute Gasteiger partial charge is 0.456 e. The van der Waals surface area contributed by atoms with Crippen LogP contribution in [0.15, 0.2) is 180 Å². The van der Waals surface area contributed by atoms with Crippen LogP contribution in [0.4, 0.5) is 0 Å². The molecule has 236 valence electrons. The topological polar surface area (TPSA) is 26.0 Å². The summed E-state index contributed by atoms with van der Waals surface area (Å²) in [6, 6.07) is 63.2. The van der Waals surface area contributed by atoms with Gasteiger partial charge in [-0.05, 0) is 79.3 Å². The zero-order valence-electron chi connectivity index (χ0n) is 27.6. The van der Waals surface area contributed by atoms with Crippen molar-refractivity contribution in [2.75, 3.05) is 0 Å². The molecule has 0 radical (unpaired) electrons. The van der Waals surface area contributed by atoms with E-state index in [9.17, 15) is 0 Å². The SMILES string of the molecule is c1ccc(-c2nc3ccccc3c3c(-c4cccc(-c5ccc6c7ccccc7c7ccccc7c6c5)c4)c4c(cc23)oc2ccccc24)cc1. The monoisotopic (exact) mass is 647 g/mol. The lowest BCUT2D eigenvalue weighted by Crippen LogP contribution is -1.93. The van der Waals surface area contributed by atoms with Crippen molar-refractivity contribution < 1.29 is 4.42 Å². The Balaban J connectivity index is 1.24. The van der Waals surface area contributed by atoms with Gasteiger partial charge in [0, 0.05) is 38.1 Å². The number of pyridine rings is 1. The lowest BCUT2D eigenvalue weighted by atomic mass is 9.88. The number of para-hydroxylation sites is 2. The van der Waals surface area contributed by atoms with Crippen LogP contribution in [0, 0.1) is 0 Å². The van der Waals surface area contributed by atoms with Gasteiger partial charge in [0.2, 0.25) is 0 Å². The van der Waals surface area contributed by atoms with Crippen LogP contribution in [0.25, 0.3) is 109 Å². The molecular weight excluding hydrogens is 619 g/mol. The first-order valence-electron chi connectivity index (χ1n) is 17.5. The van der Waals surface area contributed by atoms with Crippen LogP contribution in [0.2, 0.25) is 0 Å². The molecule has 11 aromatic rings. The van der Waals surface area contributed by atoms with Crippen molar-refractivity contribution >= 4 is 75.9 Å². The van der Waals surface area contributed by atoms with E-state index in [1.165, 1.54) is 54.4 Å². The molecule has 0 N–H and O–H groups in total. The minimum Gasteiger partial charge on any atom is -0.456 e. The summed E-state index contributed by atoms with van der Waals surface area (Å²) >= 11 is 0. The van der Waals surface area contributed by atoms with Gasteiger partial charge in [-0.2, -0.15) is 0 Å². The Bertz CT molecular complexity index is 3150. The second-order valence-electron chi connectivity index (χ2n) is 13.4. The maximum absolute atomic E-state index is 6.64. The van der Waals surface area contributed by atoms with Crippen LogP contribution >= 0.6 is 0 Å². The molecule has 0 saturated carbocycles. The predicted molar refractivity (Wildman–Crippen MR) is 215 cm³/mol. The molecule has 51 heavy (non-hydrogen) atoms. The van der Waals surface area contributed by atoms with E-state index in [0.29, 0.717) is 0 Å². The van der Waals surface area contributed by atoms with Crippen molar-refractivity contribution in [2.24, 2.45) is 0 Å². The van der Waals surface area contributed by atoms with Crippen molar-refractivity contribution in [3.05, 3.63) is 176 Å². The van der Waals surface area contributed by atoms with Crippen molar-refractivity contribution in [1.29, 1.82) is 0 Å². The van der Waals surface area contributed by atoms with Gasteiger partial charge in [0.1, 0.15) is 11.2 Å². The Labute approximate surface area is 293 Å². The van der Waals surface area contributed by atoms with Crippen molar-refractivity contribution in [2.45, 2.75) is 0 Å². The third kappa shape index (κ3) is 4.20. The summed E-state index contributed by atoms with van der Waals surface area (Å²) in [6.07, 6.45) is 0. The van der Waals surface area contributed by atoms with Crippen LogP contribution < -0.4 is 0 Å². The molecule has 0 aliphatic rings. The van der Waals surface area contributed by atoms with Gasteiger partial charge in [-0.1, -0.05) is 146 Å². The minimum atomic E-state index is 0.863. The first kappa shape index (κ1) is 28.1. The molecule has 2 aromatic heterocycles. The lowest BCUT2D eigenvalue weighted by molar-refractivity contribution is 0.669. The van der Waals surface area contributed by atoms with Crippen molar-refractivity contribution in [3.8, 4) is 33.5 Å². The molecule has 2 heteroatoms. The van der Waals surface area contributed by atoms with Crippen LogP contribution in [0.1, 0.15) is 0 Å². The fourth-order valence-electron chi connectivity index (χ4n) is 8.36. The van der Waals surface area contributed by atoms with Gasteiger partial charge in [-0.15, -0.1) is 0 Å². The molecule has 0 aliphatic carbocycles. The molecule has 2 nitrogen and oxygen atoms in total. The van der Waals surface area contributed by atoms with E-state index in [2.05, 4.69) is 170 Å². The number of hydrogen-bond donors (Lipinski definition) is 0. The van der Waals surface area contributed by atoms with Crippen LogP contribution in [-0.4, -0.2) is 4.98 Å². The molecular formula is C49H29NO. The van der Waals surface area contributed by atoms with E-state index in [4.69, 9.17) is 9.40 Å². The molecule has 0 aliphatic heterocycles. The molecule has 0 fully saturated rings. The maximum Gasteiger partial charge on any atom is 0.136 e. The van der Waals surface area contributed by atoms with Gasteiger partial charge in [-0.25, -0.2) is 4.98 Å². The molecule has 9 aromatic carbocycles. The highest BCUT2D eigenvalue weighted by Crippen LogP contribution is 2.47. The minimum absolute atomic E-state index is 0.863. The quantitative estimate of drug-likeness (QED) is 0.178. The van der Waals surface area contributed by atoms with Crippen molar-refractivity contribution in [1.82, 2.24) is 4.98 Å². The predicted octanol–water partition coefficient (Wildman–Crippen LogP) is 13.7. The highest BCUT2D eigenvalue weighted by molar-refractivity contribution is 6.28. The summed E-state index contributed by atoms with van der Waals surface area (Å²) < 4.78 is 6.64. The molecule has 0 spiro atoms. The Morgan fingerprint density at radius 3 is 1.65 bits per heavy atom. The van der Waals surface area contributed by atoms with E-state index in [1.807, 2.05) is 6.07 Å². The Hall–Kier alpha value is -6.77. The fourth-order valence-corrected chi connectivity index (χ4v) is 8.36. The zero-order valence-corrected chi connectivity index (χ0v) is 27.6. The Morgan fingerprint density at radius 1 is 0.314 bits per heavy atom. The number of rotatable bonds is 3. The van der Waals surface area contributed by atoms with Crippen LogP contribution in [0.5, 0.6) is 0 Å². The second-order valence-corrected chi connectivity index (χ2v) is 13.4. The molecule has 0 amide bonds. The van der Waals surface area contributed by atoms with E-state index >= 15 is 0 Å². The highest BCUT2D eigenvalue weighted by atomic mass is 16.3. The number of aromatic nitrogens is 1. The molecule has 0 saturated heterocycles. The number of fused-ring (bicyclic) bond motifs is 12. The van der Waals surface area contributed by atoms with E-state index < -0.39 is 0 Å². The standard InChI is InChI=1S/C49H29NO/c1-2-13-30(14-3-1)49-42-29-45-48(40-22-9-11-24-44(40)51-45)46(47(42)39-21-8-10-23-43(39)50-49)33-16-12-15-31(27-33)32-25-26-38-36-19-5-4-17-34(36)35-18-6-7-20-37(35)41(38)28-32/h1-29H. The second kappa shape index (κ2) is 10.9. The summed E-state index contributed by atoms with van der Waals surface area (Å²) in [5, 5.41) is 13.3. The summed E-state index contributed by atoms with van der Waals surface area (Å²) in [6.45, 7) is 0. The molecule has 11 rings (SSSR count). The molecule has 0 unspecified atom stereocenters. The van der Waals surface area contributed by atoms with E-state index in [1.54, 1.807) is 0 Å². The van der Waals surface area contributed by atoms with E-state index in [0.717, 1.165) is 55.0 Å². The Kier molecular flexibility index (Phi) is 5.99. The fraction of sp³-hybridized carbons (Fsp3) is 0. The van der Waals surface area contributed by atoms with Gasteiger partial charge in [0.25, 0.3) is 0 Å². The summed E-state index contributed by atoms with van der Waals surface area (Å²) in [4.78, 5) is 5.27. The summed E-state index contributed by atoms with van der Waals surface area (Å²) in [7, 11) is 0. The smallest absolute Gasteiger partial charge is 0.136 e. The average Bonchev–Trinajstić information content (AvgIpc) is 3.58. The number of nitrogens with zero attached hydrogens (tertiary/aromatic N) is 1. The van der Waals surface area contributed by atoms with Crippen LogP contribution in [0.3, 0.4) is 0 Å². The number of furan rings is 1. The number of hydrogen-bond acceptors (Lipinski definition) is 2. The van der Waals surface area contributed by atoms with Crippen LogP contribution in [-0.2, 0) is 0 Å². The van der Waals surface area contributed by atoms with Gasteiger partial charge in [0.05, 0.1) is 11.2 Å². The van der Waals surface area contributed by atoms with Gasteiger partial charge >= 0.3 is 0 Å². The third-order valence-corrected chi connectivity index (χ3v) is 10.6. The van der Waals surface area contributed by atoms with Gasteiger partial charge < -0.3 is 4.42 Å². The average molecular weight is 648 g/mol. The molecule has 0 bridgehead atoms. The molecule has 2 heterocycles. The maximum atomic E-state index is 6.64. The van der Waals surface area contributed by atoms with E-state index in [-0.39, 0.29) is 0 Å². The zero-order chi connectivity index (χ0) is 33.5. The van der Waals surface area contributed by atoms with Gasteiger partial charge in [-0.3, -0.25) is 0 Å². The summed E-state index contributed by atoms with van der Waals surface area (Å²) in [5.74, 6) is 0. The first-order valence-corrected chi connectivity index (χ1v) is 17.5. The lowest BCUT2D eigenvalue weighted by Gasteiger charge is -2.16. The Morgan fingerprint density at radius 2 is 0.882 bits per heavy atom. The van der Waals surface area contributed by atoms with Gasteiger partial charge in [0.15, 0.2) is 0 Å². The number of benzene rings is 9. The molecule has 0 atom stereocenters. The first-order chi connectivity index (χ1) is 25.3.